The van der Waals surface area contributed by atoms with E-state index in [0.29, 0.717) is 5.82 Å². The third-order valence-electron chi connectivity index (χ3n) is 10.5. The van der Waals surface area contributed by atoms with E-state index in [9.17, 15) is 0 Å². The van der Waals surface area contributed by atoms with Crippen LogP contribution in [0.25, 0.3) is 109 Å². The van der Waals surface area contributed by atoms with Gasteiger partial charge in [0.1, 0.15) is 0 Å². The molecule has 0 radical (unpaired) electrons. The number of pyridine rings is 1. The second-order valence-electron chi connectivity index (χ2n) is 13.5. The number of hydrogen-bond donors (Lipinski definition) is 0. The van der Waals surface area contributed by atoms with E-state index in [1.807, 2.05) is 17.4 Å². The van der Waals surface area contributed by atoms with Crippen LogP contribution in [0.15, 0.2) is 176 Å². The minimum atomic E-state index is 0.701. The van der Waals surface area contributed by atoms with Crippen molar-refractivity contribution in [3.63, 3.8) is 0 Å². The highest BCUT2D eigenvalue weighted by Crippen LogP contribution is 2.43. The molecule has 0 amide bonds. The van der Waals surface area contributed by atoms with E-state index in [1.165, 1.54) is 57.9 Å². The Bertz CT molecular complexity index is 3180. The van der Waals surface area contributed by atoms with E-state index in [1.54, 1.807) is 0 Å². The summed E-state index contributed by atoms with van der Waals surface area (Å²) in [5.41, 5.74) is 7.93. The molecule has 0 bridgehead atoms. The van der Waals surface area contributed by atoms with Crippen molar-refractivity contribution >= 4 is 74.7 Å². The third kappa shape index (κ3) is 4.84. The van der Waals surface area contributed by atoms with Gasteiger partial charge in [-0.3, -0.25) is 0 Å². The maximum Gasteiger partial charge on any atom is 0.160 e. The molecule has 11 aromatic rings. The van der Waals surface area contributed by atoms with Gasteiger partial charge >= 0.3 is 0 Å². The molecule has 0 aliphatic rings. The Labute approximate surface area is 309 Å². The molecule has 0 unspecified atom stereocenters. The highest BCUT2D eigenvalue weighted by atomic mass is 32.1. The van der Waals surface area contributed by atoms with Crippen LogP contribution in [0.5, 0.6) is 0 Å². The van der Waals surface area contributed by atoms with Crippen molar-refractivity contribution < 1.29 is 0 Å². The maximum atomic E-state index is 5.25. The van der Waals surface area contributed by atoms with Crippen molar-refractivity contribution in [1.29, 1.82) is 0 Å². The zero-order chi connectivity index (χ0) is 34.9. The summed E-state index contributed by atoms with van der Waals surface area (Å²) in [6, 6.07) is 62.4. The van der Waals surface area contributed by atoms with Gasteiger partial charge in [-0.25, -0.2) is 15.0 Å². The van der Waals surface area contributed by atoms with Crippen molar-refractivity contribution in [3.8, 4) is 45.2 Å². The molecule has 11 rings (SSSR count). The van der Waals surface area contributed by atoms with E-state index in [4.69, 9.17) is 15.0 Å². The average molecular weight is 692 g/mol. The van der Waals surface area contributed by atoms with E-state index in [-0.39, 0.29) is 0 Å². The molecule has 0 saturated carbocycles. The molecular formula is C49H29N3S. The highest BCUT2D eigenvalue weighted by Gasteiger charge is 2.17. The molecule has 0 atom stereocenters. The molecule has 0 N–H and O–H groups in total. The minimum absolute atomic E-state index is 0.701. The predicted octanol–water partition coefficient (Wildman–Crippen LogP) is 13.5. The fourth-order valence-electron chi connectivity index (χ4n) is 7.95. The van der Waals surface area contributed by atoms with Gasteiger partial charge in [-0.15, -0.1) is 11.3 Å². The van der Waals surface area contributed by atoms with Gasteiger partial charge in [0.15, 0.2) is 5.82 Å². The lowest BCUT2D eigenvalue weighted by atomic mass is 9.93. The quantitative estimate of drug-likeness (QED) is 0.172. The molecule has 3 nitrogen and oxygen atoms in total. The number of aromatic nitrogens is 3. The Balaban J connectivity index is 1.08. The highest BCUT2D eigenvalue weighted by molar-refractivity contribution is 7.26. The van der Waals surface area contributed by atoms with Crippen molar-refractivity contribution in [1.82, 2.24) is 15.0 Å². The fourth-order valence-corrected chi connectivity index (χ4v) is 9.18. The van der Waals surface area contributed by atoms with Crippen molar-refractivity contribution in [2.45, 2.75) is 0 Å². The summed E-state index contributed by atoms with van der Waals surface area (Å²) in [7, 11) is 0. The Kier molecular flexibility index (Phi) is 6.73. The SMILES string of the molecule is c1ccc(-c2cc(-c3ccc(-c4nc5ccccc5c5sc6ccccc6c45)cc3)nc(-c3ccc4c5ccccc5c5ccccc5c4c3)n2)cc1. The first kappa shape index (κ1) is 29.9. The topological polar surface area (TPSA) is 38.7 Å². The summed E-state index contributed by atoms with van der Waals surface area (Å²) >= 11 is 1.84. The van der Waals surface area contributed by atoms with Gasteiger partial charge in [-0.1, -0.05) is 152 Å². The summed E-state index contributed by atoms with van der Waals surface area (Å²) in [4.78, 5) is 15.7. The van der Waals surface area contributed by atoms with Crippen LogP contribution in [0.2, 0.25) is 0 Å². The largest absolute Gasteiger partial charge is 0.247 e. The molecule has 0 aliphatic heterocycles. The van der Waals surface area contributed by atoms with Gasteiger partial charge in [0.25, 0.3) is 0 Å². The van der Waals surface area contributed by atoms with Crippen LogP contribution in [-0.2, 0) is 0 Å². The smallest absolute Gasteiger partial charge is 0.160 e. The maximum absolute atomic E-state index is 5.25. The summed E-state index contributed by atoms with van der Waals surface area (Å²) in [6.45, 7) is 0. The number of rotatable bonds is 4. The van der Waals surface area contributed by atoms with Gasteiger partial charge < -0.3 is 0 Å². The molecule has 3 heterocycles. The first-order valence-corrected chi connectivity index (χ1v) is 18.7. The summed E-state index contributed by atoms with van der Waals surface area (Å²) in [5.74, 6) is 0.701. The van der Waals surface area contributed by atoms with Crippen LogP contribution in [0.3, 0.4) is 0 Å². The predicted molar refractivity (Wildman–Crippen MR) is 224 cm³/mol. The normalized spacial score (nSPS) is 11.8. The number of benzene rings is 8. The molecule has 0 fully saturated rings. The van der Waals surface area contributed by atoms with E-state index >= 15 is 0 Å². The van der Waals surface area contributed by atoms with Gasteiger partial charge in [0.05, 0.1) is 22.6 Å². The van der Waals surface area contributed by atoms with Crippen LogP contribution < -0.4 is 0 Å². The van der Waals surface area contributed by atoms with E-state index < -0.39 is 0 Å². The summed E-state index contributed by atoms with van der Waals surface area (Å²) in [5, 5.41) is 11.1. The molecular weight excluding hydrogens is 663 g/mol. The molecule has 0 aliphatic carbocycles. The Morgan fingerprint density at radius 3 is 1.55 bits per heavy atom. The van der Waals surface area contributed by atoms with E-state index in [2.05, 4.69) is 170 Å². The molecule has 4 heteroatoms. The zero-order valence-corrected chi connectivity index (χ0v) is 29.3. The number of para-hydroxylation sites is 1. The molecule has 0 saturated heterocycles. The molecule has 0 spiro atoms. The number of nitrogens with zero attached hydrogens (tertiary/aromatic N) is 3. The standard InChI is InChI=1S/C49H29N3S/c1-2-12-30(13-3-1)43-29-44(52-49(51-43)33-26-27-38-36-16-5-4-14-34(36)35-15-6-7-17-37(35)41(38)28-33)31-22-24-32(25-23-31)47-46-40-19-9-11-21-45(40)53-48(46)39-18-8-10-20-42(39)50-47/h1-29H. The van der Waals surface area contributed by atoms with Gasteiger partial charge in [0, 0.05) is 47.8 Å². The third-order valence-corrected chi connectivity index (χ3v) is 11.7. The minimum Gasteiger partial charge on any atom is -0.247 e. The average Bonchev–Trinajstić information content (AvgIpc) is 3.64. The molecule has 53 heavy (non-hydrogen) atoms. The van der Waals surface area contributed by atoms with Crippen LogP contribution in [0.1, 0.15) is 0 Å². The second kappa shape index (κ2) is 11.9. The zero-order valence-electron chi connectivity index (χ0n) is 28.5. The monoisotopic (exact) mass is 691 g/mol. The molecule has 3 aromatic heterocycles. The fraction of sp³-hybridized carbons (Fsp3) is 0. The van der Waals surface area contributed by atoms with Crippen LogP contribution >= 0.6 is 11.3 Å². The first-order chi connectivity index (χ1) is 26.3. The van der Waals surface area contributed by atoms with Gasteiger partial charge in [-0.05, 0) is 56.6 Å². The summed E-state index contributed by atoms with van der Waals surface area (Å²) in [6.07, 6.45) is 0. The van der Waals surface area contributed by atoms with Crippen molar-refractivity contribution in [2.24, 2.45) is 0 Å². The lowest BCUT2D eigenvalue weighted by Crippen LogP contribution is -1.96. The van der Waals surface area contributed by atoms with Crippen molar-refractivity contribution in [2.75, 3.05) is 0 Å². The lowest BCUT2D eigenvalue weighted by molar-refractivity contribution is 1.18. The molecule has 246 valence electrons. The summed E-state index contributed by atoms with van der Waals surface area (Å²) < 4.78 is 2.55. The van der Waals surface area contributed by atoms with Gasteiger partial charge in [0.2, 0.25) is 0 Å². The Hall–Kier alpha value is -6.75. The molecule has 8 aromatic carbocycles. The number of hydrogen-bond acceptors (Lipinski definition) is 4. The van der Waals surface area contributed by atoms with Crippen molar-refractivity contribution in [3.05, 3.63) is 176 Å². The van der Waals surface area contributed by atoms with E-state index in [0.717, 1.165) is 44.9 Å². The Morgan fingerprint density at radius 1 is 0.340 bits per heavy atom. The van der Waals surface area contributed by atoms with Crippen LogP contribution in [0, 0.1) is 0 Å². The second-order valence-corrected chi connectivity index (χ2v) is 14.6. The number of thiophene rings is 1. The first-order valence-electron chi connectivity index (χ1n) is 17.9. The van der Waals surface area contributed by atoms with Crippen LogP contribution in [0.4, 0.5) is 0 Å². The Morgan fingerprint density at radius 2 is 0.849 bits per heavy atom. The number of fused-ring (bicyclic) bond motifs is 11. The van der Waals surface area contributed by atoms with Crippen LogP contribution in [-0.4, -0.2) is 15.0 Å². The van der Waals surface area contributed by atoms with Gasteiger partial charge in [-0.2, -0.15) is 0 Å². The lowest BCUT2D eigenvalue weighted by Gasteiger charge is -2.13.